The third kappa shape index (κ3) is 3.59. The molecule has 1 aromatic heterocycles. The number of hydrogen-bond donors (Lipinski definition) is 0. The molecule has 3 rings (SSSR count). The number of morpholine rings is 1. The number of benzene rings is 1. The summed E-state index contributed by atoms with van der Waals surface area (Å²) in [6, 6.07) is 6.49. The molecule has 1 aliphatic rings. The van der Waals surface area contributed by atoms with Gasteiger partial charge in [0.25, 0.3) is 0 Å². The highest BCUT2D eigenvalue weighted by atomic mass is 32.2. The fourth-order valence-electron chi connectivity index (χ4n) is 2.55. The van der Waals surface area contributed by atoms with Gasteiger partial charge in [-0.05, 0) is 19.1 Å². The molecule has 0 aliphatic carbocycles. The molecule has 0 atom stereocenters. The molecule has 24 heavy (non-hydrogen) atoms. The lowest BCUT2D eigenvalue weighted by Crippen LogP contribution is -2.41. The molecule has 1 saturated heterocycles. The van der Waals surface area contributed by atoms with Crippen molar-refractivity contribution in [2.75, 3.05) is 32.1 Å². The van der Waals surface area contributed by atoms with Crippen molar-refractivity contribution < 1.29 is 13.9 Å². The number of hydrogen-bond acceptors (Lipinski definition) is 5. The summed E-state index contributed by atoms with van der Waals surface area (Å²) in [5.41, 5.74) is 0.415. The summed E-state index contributed by atoms with van der Waals surface area (Å²) < 4.78 is 21.1. The van der Waals surface area contributed by atoms with E-state index in [2.05, 4.69) is 10.2 Å². The summed E-state index contributed by atoms with van der Waals surface area (Å²) in [7, 11) is 0. The second kappa shape index (κ2) is 7.76. The Hall–Kier alpha value is -1.93. The molecule has 2 heterocycles. The largest absolute Gasteiger partial charge is 0.378 e. The van der Waals surface area contributed by atoms with Crippen LogP contribution in [0.25, 0.3) is 11.4 Å². The minimum absolute atomic E-state index is 0.0568. The van der Waals surface area contributed by atoms with Gasteiger partial charge in [-0.3, -0.25) is 4.79 Å². The lowest BCUT2D eigenvalue weighted by Gasteiger charge is -2.26. The van der Waals surface area contributed by atoms with Gasteiger partial charge in [-0.1, -0.05) is 23.9 Å². The normalized spacial score (nSPS) is 14.8. The molecule has 1 aromatic carbocycles. The third-order valence-corrected chi connectivity index (χ3v) is 4.79. The molecule has 0 bridgehead atoms. The molecule has 1 fully saturated rings. The molecule has 0 radical (unpaired) electrons. The van der Waals surface area contributed by atoms with Gasteiger partial charge in [0, 0.05) is 19.6 Å². The maximum atomic E-state index is 14.0. The first-order valence-corrected chi connectivity index (χ1v) is 8.85. The zero-order valence-corrected chi connectivity index (χ0v) is 14.3. The van der Waals surface area contributed by atoms with E-state index in [4.69, 9.17) is 4.74 Å². The van der Waals surface area contributed by atoms with E-state index in [1.54, 1.807) is 23.1 Å². The summed E-state index contributed by atoms with van der Waals surface area (Å²) in [6.07, 6.45) is 0. The van der Waals surface area contributed by atoms with E-state index in [9.17, 15) is 9.18 Å². The molecule has 0 saturated carbocycles. The molecular formula is C16H19FN4O2S. The Balaban J connectivity index is 1.73. The molecule has 0 unspecified atom stereocenters. The van der Waals surface area contributed by atoms with Gasteiger partial charge in [0.2, 0.25) is 5.91 Å². The Morgan fingerprint density at radius 2 is 2.04 bits per heavy atom. The maximum Gasteiger partial charge on any atom is 0.233 e. The second-order valence-corrected chi connectivity index (χ2v) is 6.25. The first-order valence-electron chi connectivity index (χ1n) is 7.87. The van der Waals surface area contributed by atoms with E-state index in [0.717, 1.165) is 0 Å². The van der Waals surface area contributed by atoms with Crippen molar-refractivity contribution >= 4 is 17.7 Å². The summed E-state index contributed by atoms with van der Waals surface area (Å²) in [6.45, 7) is 4.96. The van der Waals surface area contributed by atoms with Crippen LogP contribution in [0, 0.1) is 5.82 Å². The molecule has 0 N–H and O–H groups in total. The van der Waals surface area contributed by atoms with Crippen molar-refractivity contribution in [3.05, 3.63) is 30.1 Å². The fourth-order valence-corrected chi connectivity index (χ4v) is 3.46. The van der Waals surface area contributed by atoms with E-state index >= 15 is 0 Å². The van der Waals surface area contributed by atoms with Crippen molar-refractivity contribution in [3.8, 4) is 11.4 Å². The van der Waals surface area contributed by atoms with E-state index in [1.807, 2.05) is 11.5 Å². The molecule has 128 valence electrons. The van der Waals surface area contributed by atoms with Crippen LogP contribution >= 0.6 is 11.8 Å². The monoisotopic (exact) mass is 350 g/mol. The van der Waals surface area contributed by atoms with Crippen LogP contribution in [0.3, 0.4) is 0 Å². The van der Waals surface area contributed by atoms with Crippen molar-refractivity contribution in [2.24, 2.45) is 0 Å². The summed E-state index contributed by atoms with van der Waals surface area (Å²) in [5.74, 6) is 0.494. The molecule has 1 amide bonds. The standard InChI is InChI=1S/C16H19FN4O2S/c1-2-21-15(12-5-3-4-6-13(12)17)18-19-16(21)24-11-14(22)20-7-9-23-10-8-20/h3-6H,2,7-11H2,1H3. The Kier molecular flexibility index (Phi) is 5.47. The average molecular weight is 350 g/mol. The summed E-state index contributed by atoms with van der Waals surface area (Å²) >= 11 is 1.33. The fraction of sp³-hybridized carbons (Fsp3) is 0.438. The van der Waals surface area contributed by atoms with Gasteiger partial charge >= 0.3 is 0 Å². The van der Waals surface area contributed by atoms with Crippen LogP contribution in [0.1, 0.15) is 6.92 Å². The van der Waals surface area contributed by atoms with Crippen LogP contribution < -0.4 is 0 Å². The zero-order chi connectivity index (χ0) is 16.9. The van der Waals surface area contributed by atoms with Crippen LogP contribution in [-0.4, -0.2) is 57.6 Å². The first kappa shape index (κ1) is 16.9. The van der Waals surface area contributed by atoms with Gasteiger partial charge in [-0.25, -0.2) is 4.39 Å². The number of ether oxygens (including phenoxy) is 1. The van der Waals surface area contributed by atoms with E-state index in [-0.39, 0.29) is 17.5 Å². The number of aromatic nitrogens is 3. The Labute approximate surface area is 144 Å². The van der Waals surface area contributed by atoms with Gasteiger partial charge in [0.15, 0.2) is 11.0 Å². The Morgan fingerprint density at radius 1 is 1.29 bits per heavy atom. The molecule has 6 nitrogen and oxygen atoms in total. The predicted octanol–water partition coefficient (Wildman–Crippen LogP) is 2.05. The number of thioether (sulfide) groups is 1. The lowest BCUT2D eigenvalue weighted by molar-refractivity contribution is -0.132. The second-order valence-electron chi connectivity index (χ2n) is 5.31. The number of rotatable bonds is 5. The van der Waals surface area contributed by atoms with Crippen LogP contribution in [0.2, 0.25) is 0 Å². The number of carbonyl (C=O) groups excluding carboxylic acids is 1. The maximum absolute atomic E-state index is 14.0. The average Bonchev–Trinajstić information content (AvgIpc) is 3.03. The first-order chi connectivity index (χ1) is 11.7. The van der Waals surface area contributed by atoms with E-state index in [0.29, 0.717) is 49.4 Å². The van der Waals surface area contributed by atoms with Gasteiger partial charge in [0.1, 0.15) is 5.82 Å². The minimum atomic E-state index is -0.333. The molecule has 1 aliphatic heterocycles. The van der Waals surface area contributed by atoms with Crippen molar-refractivity contribution in [1.29, 1.82) is 0 Å². The highest BCUT2D eigenvalue weighted by molar-refractivity contribution is 7.99. The highest BCUT2D eigenvalue weighted by Gasteiger charge is 2.20. The molecule has 8 heteroatoms. The zero-order valence-electron chi connectivity index (χ0n) is 13.4. The third-order valence-electron chi connectivity index (χ3n) is 3.84. The Morgan fingerprint density at radius 3 is 2.75 bits per heavy atom. The molecule has 2 aromatic rings. The number of halogens is 1. The van der Waals surface area contributed by atoms with Gasteiger partial charge in [0.05, 0.1) is 24.5 Å². The van der Waals surface area contributed by atoms with Gasteiger partial charge in [-0.2, -0.15) is 0 Å². The van der Waals surface area contributed by atoms with Crippen LogP contribution in [-0.2, 0) is 16.1 Å². The van der Waals surface area contributed by atoms with Gasteiger partial charge in [-0.15, -0.1) is 10.2 Å². The number of amides is 1. The van der Waals surface area contributed by atoms with Crippen LogP contribution in [0.5, 0.6) is 0 Å². The van der Waals surface area contributed by atoms with Crippen molar-refractivity contribution in [1.82, 2.24) is 19.7 Å². The smallest absolute Gasteiger partial charge is 0.233 e. The van der Waals surface area contributed by atoms with Crippen molar-refractivity contribution in [2.45, 2.75) is 18.6 Å². The minimum Gasteiger partial charge on any atom is -0.378 e. The summed E-state index contributed by atoms with van der Waals surface area (Å²) in [5, 5.41) is 8.87. The predicted molar refractivity (Wildman–Crippen MR) is 89.2 cm³/mol. The quantitative estimate of drug-likeness (QED) is 0.773. The van der Waals surface area contributed by atoms with Crippen LogP contribution in [0.15, 0.2) is 29.4 Å². The van der Waals surface area contributed by atoms with E-state index in [1.165, 1.54) is 17.8 Å². The Bertz CT molecular complexity index is 716. The van der Waals surface area contributed by atoms with Crippen LogP contribution in [0.4, 0.5) is 4.39 Å². The molecule has 0 spiro atoms. The molecular weight excluding hydrogens is 331 g/mol. The van der Waals surface area contributed by atoms with Crippen molar-refractivity contribution in [3.63, 3.8) is 0 Å². The SMILES string of the molecule is CCn1c(SCC(=O)N2CCOCC2)nnc1-c1ccccc1F. The van der Waals surface area contributed by atoms with E-state index < -0.39 is 0 Å². The summed E-state index contributed by atoms with van der Waals surface area (Å²) in [4.78, 5) is 14.0. The van der Waals surface area contributed by atoms with Gasteiger partial charge < -0.3 is 14.2 Å². The number of nitrogens with zero attached hydrogens (tertiary/aromatic N) is 4. The highest BCUT2D eigenvalue weighted by Crippen LogP contribution is 2.26. The topological polar surface area (TPSA) is 60.2 Å². The lowest BCUT2D eigenvalue weighted by atomic mass is 10.2. The number of carbonyl (C=O) groups is 1.